The Morgan fingerprint density at radius 2 is 1.96 bits per heavy atom. The summed E-state index contributed by atoms with van der Waals surface area (Å²) in [6, 6.07) is 14.8. The summed E-state index contributed by atoms with van der Waals surface area (Å²) < 4.78 is 0. The van der Waals surface area contributed by atoms with Crippen molar-refractivity contribution >= 4 is 23.2 Å². The molecule has 5 heteroatoms. The van der Waals surface area contributed by atoms with Crippen LogP contribution in [-0.2, 0) is 11.4 Å². The summed E-state index contributed by atoms with van der Waals surface area (Å²) in [5.74, 6) is -0.0122. The van der Waals surface area contributed by atoms with Crippen molar-refractivity contribution in [2.75, 3.05) is 18.9 Å². The van der Waals surface area contributed by atoms with Gasteiger partial charge in [-0.3, -0.25) is 4.79 Å². The second-order valence-corrected chi connectivity index (χ2v) is 5.88. The Bertz CT molecular complexity index is 658. The summed E-state index contributed by atoms with van der Waals surface area (Å²) >= 11 is 5.89. The highest BCUT2D eigenvalue weighted by atomic mass is 35.5. The fourth-order valence-electron chi connectivity index (χ4n) is 2.26. The Morgan fingerprint density at radius 3 is 2.61 bits per heavy atom. The smallest absolute Gasteiger partial charge is 0.242 e. The molecule has 0 radical (unpaired) electrons. The zero-order valence-electron chi connectivity index (χ0n) is 13.3. The van der Waals surface area contributed by atoms with Gasteiger partial charge in [-0.05, 0) is 42.3 Å². The molecule has 23 heavy (non-hydrogen) atoms. The number of likely N-dealkylation sites (N-methyl/N-ethyl adjacent to an activating group) is 1. The SMILES string of the molecule is CC(c1ccc(Cl)cc1)N(C)C(=O)CNc1cccc(CO)c1. The minimum Gasteiger partial charge on any atom is -0.392 e. The van der Waals surface area contributed by atoms with Crippen LogP contribution in [0.3, 0.4) is 0 Å². The first kappa shape index (κ1) is 17.3. The Hall–Kier alpha value is -2.04. The minimum atomic E-state index is -0.0367. The van der Waals surface area contributed by atoms with Crippen molar-refractivity contribution in [3.8, 4) is 0 Å². The Balaban J connectivity index is 1.95. The normalized spacial score (nSPS) is 11.8. The quantitative estimate of drug-likeness (QED) is 0.851. The number of hydrogen-bond donors (Lipinski definition) is 2. The first-order chi connectivity index (χ1) is 11.0. The molecule has 1 unspecified atom stereocenters. The van der Waals surface area contributed by atoms with Crippen LogP contribution in [0.5, 0.6) is 0 Å². The van der Waals surface area contributed by atoms with Gasteiger partial charge in [-0.25, -0.2) is 0 Å². The van der Waals surface area contributed by atoms with E-state index in [0.29, 0.717) is 5.02 Å². The van der Waals surface area contributed by atoms with Crippen molar-refractivity contribution in [3.63, 3.8) is 0 Å². The molecule has 1 amide bonds. The lowest BCUT2D eigenvalue weighted by molar-refractivity contribution is -0.129. The number of aliphatic hydroxyl groups excluding tert-OH is 1. The molecule has 0 spiro atoms. The summed E-state index contributed by atoms with van der Waals surface area (Å²) in [6.45, 7) is 2.16. The topological polar surface area (TPSA) is 52.6 Å². The Kier molecular flexibility index (Phi) is 6.02. The van der Waals surface area contributed by atoms with Crippen LogP contribution in [-0.4, -0.2) is 29.5 Å². The molecule has 2 rings (SSSR count). The average molecular weight is 333 g/mol. The van der Waals surface area contributed by atoms with Crippen molar-refractivity contribution in [2.24, 2.45) is 0 Å². The maximum Gasteiger partial charge on any atom is 0.242 e. The molecule has 2 aromatic rings. The molecule has 0 saturated carbocycles. The van der Waals surface area contributed by atoms with Crippen LogP contribution in [0.2, 0.25) is 5.02 Å². The standard InChI is InChI=1S/C18H21ClN2O2/c1-13(15-6-8-16(19)9-7-15)21(2)18(23)11-20-17-5-3-4-14(10-17)12-22/h3-10,13,20,22H,11-12H2,1-2H3. The lowest BCUT2D eigenvalue weighted by Gasteiger charge is -2.25. The summed E-state index contributed by atoms with van der Waals surface area (Å²) in [5.41, 5.74) is 2.66. The average Bonchev–Trinajstić information content (AvgIpc) is 2.59. The van der Waals surface area contributed by atoms with E-state index in [4.69, 9.17) is 16.7 Å². The molecule has 122 valence electrons. The highest BCUT2D eigenvalue weighted by Crippen LogP contribution is 2.21. The lowest BCUT2D eigenvalue weighted by atomic mass is 10.1. The lowest BCUT2D eigenvalue weighted by Crippen LogP contribution is -2.34. The number of carbonyl (C=O) groups excluding carboxylic acids is 1. The molecular formula is C18H21ClN2O2. The summed E-state index contributed by atoms with van der Waals surface area (Å²) in [6.07, 6.45) is 0. The van der Waals surface area contributed by atoms with Gasteiger partial charge in [0.2, 0.25) is 5.91 Å². The molecule has 0 aliphatic rings. The molecule has 2 N–H and O–H groups in total. The molecule has 0 aromatic heterocycles. The third kappa shape index (κ3) is 4.71. The molecule has 2 aromatic carbocycles. The zero-order valence-corrected chi connectivity index (χ0v) is 14.0. The fraction of sp³-hybridized carbons (Fsp3) is 0.278. The first-order valence-electron chi connectivity index (χ1n) is 7.46. The minimum absolute atomic E-state index is 0.0122. The van der Waals surface area contributed by atoms with Crippen LogP contribution >= 0.6 is 11.6 Å². The number of nitrogens with zero attached hydrogens (tertiary/aromatic N) is 1. The van der Waals surface area contributed by atoms with Crippen LogP contribution in [0, 0.1) is 0 Å². The van der Waals surface area contributed by atoms with Crippen molar-refractivity contribution in [2.45, 2.75) is 19.6 Å². The first-order valence-corrected chi connectivity index (χ1v) is 7.84. The van der Waals surface area contributed by atoms with Gasteiger partial charge in [0.05, 0.1) is 19.2 Å². The predicted octanol–water partition coefficient (Wildman–Crippen LogP) is 3.46. The van der Waals surface area contributed by atoms with Crippen LogP contribution in [0.15, 0.2) is 48.5 Å². The number of rotatable bonds is 6. The number of amides is 1. The van der Waals surface area contributed by atoms with Gasteiger partial charge in [0.1, 0.15) is 0 Å². The maximum absolute atomic E-state index is 12.3. The van der Waals surface area contributed by atoms with Gasteiger partial charge in [-0.2, -0.15) is 0 Å². The van der Waals surface area contributed by atoms with E-state index in [2.05, 4.69) is 5.32 Å². The second kappa shape index (κ2) is 7.99. The zero-order chi connectivity index (χ0) is 16.8. The van der Waals surface area contributed by atoms with E-state index in [1.165, 1.54) is 0 Å². The number of aliphatic hydroxyl groups is 1. The van der Waals surface area contributed by atoms with Gasteiger partial charge in [0, 0.05) is 17.8 Å². The summed E-state index contributed by atoms with van der Waals surface area (Å²) in [7, 11) is 1.79. The van der Waals surface area contributed by atoms with Crippen molar-refractivity contribution < 1.29 is 9.90 Å². The monoisotopic (exact) mass is 332 g/mol. The van der Waals surface area contributed by atoms with Crippen LogP contribution in [0.1, 0.15) is 24.1 Å². The molecule has 4 nitrogen and oxygen atoms in total. The van der Waals surface area contributed by atoms with Crippen molar-refractivity contribution in [3.05, 3.63) is 64.7 Å². The van der Waals surface area contributed by atoms with Gasteiger partial charge < -0.3 is 15.3 Å². The van der Waals surface area contributed by atoms with Gasteiger partial charge >= 0.3 is 0 Å². The number of halogens is 1. The largest absolute Gasteiger partial charge is 0.392 e. The van der Waals surface area contributed by atoms with Crippen LogP contribution in [0.25, 0.3) is 0 Å². The molecule has 0 bridgehead atoms. The van der Waals surface area contributed by atoms with Crippen LogP contribution < -0.4 is 5.32 Å². The maximum atomic E-state index is 12.3. The van der Waals surface area contributed by atoms with Gasteiger partial charge in [-0.15, -0.1) is 0 Å². The molecular weight excluding hydrogens is 312 g/mol. The number of nitrogens with one attached hydrogen (secondary N) is 1. The molecule has 0 fully saturated rings. The molecule has 0 saturated heterocycles. The van der Waals surface area contributed by atoms with Crippen molar-refractivity contribution in [1.82, 2.24) is 4.90 Å². The van der Waals surface area contributed by atoms with Gasteiger partial charge in [-0.1, -0.05) is 35.9 Å². The second-order valence-electron chi connectivity index (χ2n) is 5.44. The Morgan fingerprint density at radius 1 is 1.26 bits per heavy atom. The summed E-state index contributed by atoms with van der Waals surface area (Å²) in [5, 5.41) is 12.9. The highest BCUT2D eigenvalue weighted by Gasteiger charge is 2.17. The fourth-order valence-corrected chi connectivity index (χ4v) is 2.39. The molecule has 0 aliphatic carbocycles. The number of carbonyl (C=O) groups is 1. The van der Waals surface area contributed by atoms with E-state index in [-0.39, 0.29) is 25.1 Å². The van der Waals surface area contributed by atoms with Crippen LogP contribution in [0.4, 0.5) is 5.69 Å². The third-order valence-corrected chi connectivity index (χ3v) is 4.13. The molecule has 0 aliphatic heterocycles. The number of anilines is 1. The van der Waals surface area contributed by atoms with E-state index in [9.17, 15) is 4.79 Å². The van der Waals surface area contributed by atoms with E-state index in [1.54, 1.807) is 11.9 Å². The molecule has 0 heterocycles. The Labute approximate surface area is 141 Å². The number of benzene rings is 2. The predicted molar refractivity (Wildman–Crippen MR) is 93.5 cm³/mol. The van der Waals surface area contributed by atoms with Gasteiger partial charge in [0.25, 0.3) is 0 Å². The number of hydrogen-bond acceptors (Lipinski definition) is 3. The van der Waals surface area contributed by atoms with E-state index >= 15 is 0 Å². The molecule has 1 atom stereocenters. The van der Waals surface area contributed by atoms with E-state index < -0.39 is 0 Å². The van der Waals surface area contributed by atoms with E-state index in [0.717, 1.165) is 16.8 Å². The third-order valence-electron chi connectivity index (χ3n) is 3.88. The highest BCUT2D eigenvalue weighted by molar-refractivity contribution is 6.30. The van der Waals surface area contributed by atoms with E-state index in [1.807, 2.05) is 55.5 Å². The van der Waals surface area contributed by atoms with Gasteiger partial charge in [0.15, 0.2) is 0 Å². The van der Waals surface area contributed by atoms with Crippen molar-refractivity contribution in [1.29, 1.82) is 0 Å². The summed E-state index contributed by atoms with van der Waals surface area (Å²) in [4.78, 5) is 14.0.